The van der Waals surface area contributed by atoms with Gasteiger partial charge in [0.1, 0.15) is 11.4 Å². The van der Waals surface area contributed by atoms with Gasteiger partial charge in [-0.1, -0.05) is 0 Å². The van der Waals surface area contributed by atoms with E-state index in [4.69, 9.17) is 9.15 Å². The largest absolute Gasteiger partial charge is 0.495 e. The highest BCUT2D eigenvalue weighted by Gasteiger charge is 2.14. The lowest BCUT2D eigenvalue weighted by Gasteiger charge is -2.02. The number of furan rings is 1. The van der Waals surface area contributed by atoms with Gasteiger partial charge in [-0.15, -0.1) is 0 Å². The van der Waals surface area contributed by atoms with E-state index in [0.717, 1.165) is 11.8 Å². The Hall–Kier alpha value is -2.56. The molecule has 18 heavy (non-hydrogen) atoms. The molecule has 0 atom stereocenters. The number of aldehydes is 1. The number of ether oxygens (including phenoxy) is 1. The smallest absolute Gasteiger partial charge is 0.181 e. The van der Waals surface area contributed by atoms with Crippen molar-refractivity contribution >= 4 is 11.8 Å². The molecule has 0 aliphatic carbocycles. The maximum atomic E-state index is 11.0. The summed E-state index contributed by atoms with van der Waals surface area (Å²) in [6, 6.07) is 7.15. The van der Waals surface area contributed by atoms with Crippen molar-refractivity contribution < 1.29 is 13.9 Å². The molecule has 0 aromatic carbocycles. The summed E-state index contributed by atoms with van der Waals surface area (Å²) in [5.74, 6) is 1.87. The average molecular weight is 242 g/mol. The number of imidazole rings is 1. The van der Waals surface area contributed by atoms with Gasteiger partial charge in [0, 0.05) is 0 Å². The van der Waals surface area contributed by atoms with Crippen molar-refractivity contribution in [1.82, 2.24) is 9.38 Å². The Labute approximate surface area is 103 Å². The Morgan fingerprint density at radius 1 is 1.39 bits per heavy atom. The molecular weight excluding hydrogens is 232 g/mol. The van der Waals surface area contributed by atoms with E-state index in [9.17, 15) is 4.79 Å². The molecule has 0 aliphatic heterocycles. The maximum Gasteiger partial charge on any atom is 0.181 e. The molecule has 3 rings (SSSR count). The van der Waals surface area contributed by atoms with Crippen molar-refractivity contribution in [3.05, 3.63) is 42.4 Å². The number of carbonyl (C=O) groups excluding carboxylic acids is 1. The van der Waals surface area contributed by atoms with Gasteiger partial charge in [-0.2, -0.15) is 0 Å². The van der Waals surface area contributed by atoms with Crippen LogP contribution >= 0.6 is 0 Å². The van der Waals surface area contributed by atoms with Crippen LogP contribution in [-0.4, -0.2) is 22.8 Å². The fourth-order valence-electron chi connectivity index (χ4n) is 1.88. The van der Waals surface area contributed by atoms with E-state index < -0.39 is 0 Å². The highest BCUT2D eigenvalue weighted by Crippen LogP contribution is 2.24. The number of rotatable bonds is 3. The normalized spacial score (nSPS) is 10.7. The molecule has 0 bridgehead atoms. The molecule has 3 aromatic heterocycles. The number of carbonyl (C=O) groups is 1. The maximum absolute atomic E-state index is 11.0. The van der Waals surface area contributed by atoms with Crippen molar-refractivity contribution in [2.24, 2.45) is 0 Å². The number of nitrogens with zero attached hydrogens (tertiary/aromatic N) is 2. The third-order valence-corrected chi connectivity index (χ3v) is 2.73. The van der Waals surface area contributed by atoms with Crippen LogP contribution in [0.1, 0.15) is 10.5 Å². The molecule has 0 unspecified atom stereocenters. The second kappa shape index (κ2) is 4.03. The van der Waals surface area contributed by atoms with Gasteiger partial charge in [0.05, 0.1) is 25.1 Å². The van der Waals surface area contributed by atoms with E-state index in [1.807, 2.05) is 0 Å². The standard InChI is InChI=1S/C13H10N2O3/c1-17-9-4-5-11-10(8-16)14-13(15(11)7-9)12-3-2-6-18-12/h2-8H,1H3. The molecule has 0 fully saturated rings. The molecule has 90 valence electrons. The Balaban J connectivity index is 2.33. The topological polar surface area (TPSA) is 56.7 Å². The summed E-state index contributed by atoms with van der Waals surface area (Å²) >= 11 is 0. The fraction of sp³-hybridized carbons (Fsp3) is 0.0769. The van der Waals surface area contributed by atoms with Crippen LogP contribution in [0.3, 0.4) is 0 Å². The van der Waals surface area contributed by atoms with Crippen molar-refractivity contribution in [3.8, 4) is 17.3 Å². The SMILES string of the molecule is COc1ccc2c(C=O)nc(-c3ccco3)n2c1. The number of aromatic nitrogens is 2. The lowest BCUT2D eigenvalue weighted by molar-refractivity contribution is 0.112. The molecule has 0 radical (unpaired) electrons. The first-order chi connectivity index (χ1) is 8.83. The van der Waals surface area contributed by atoms with Gasteiger partial charge in [-0.3, -0.25) is 9.20 Å². The number of fused-ring (bicyclic) bond motifs is 1. The van der Waals surface area contributed by atoms with E-state index >= 15 is 0 Å². The van der Waals surface area contributed by atoms with Gasteiger partial charge in [0.2, 0.25) is 0 Å². The Morgan fingerprint density at radius 3 is 2.94 bits per heavy atom. The molecule has 5 nitrogen and oxygen atoms in total. The van der Waals surface area contributed by atoms with E-state index in [2.05, 4.69) is 4.98 Å². The van der Waals surface area contributed by atoms with Gasteiger partial charge in [-0.05, 0) is 24.3 Å². The number of hydrogen-bond donors (Lipinski definition) is 0. The Kier molecular flexibility index (Phi) is 2.37. The molecule has 3 heterocycles. The zero-order valence-corrected chi connectivity index (χ0v) is 9.66. The minimum Gasteiger partial charge on any atom is -0.495 e. The lowest BCUT2D eigenvalue weighted by Crippen LogP contribution is -1.91. The van der Waals surface area contributed by atoms with Crippen LogP contribution in [-0.2, 0) is 0 Å². The summed E-state index contributed by atoms with van der Waals surface area (Å²) in [4.78, 5) is 15.3. The summed E-state index contributed by atoms with van der Waals surface area (Å²) < 4.78 is 12.3. The predicted octanol–water partition coefficient (Wildman–Crippen LogP) is 2.42. The highest BCUT2D eigenvalue weighted by molar-refractivity contribution is 5.85. The summed E-state index contributed by atoms with van der Waals surface area (Å²) in [7, 11) is 1.59. The van der Waals surface area contributed by atoms with Crippen LogP contribution in [0, 0.1) is 0 Å². The second-order valence-corrected chi connectivity index (χ2v) is 3.74. The average Bonchev–Trinajstić information content (AvgIpc) is 3.04. The first-order valence-electron chi connectivity index (χ1n) is 5.38. The van der Waals surface area contributed by atoms with Crippen molar-refractivity contribution in [1.29, 1.82) is 0 Å². The zero-order chi connectivity index (χ0) is 12.5. The molecule has 0 saturated carbocycles. The molecule has 0 saturated heterocycles. The summed E-state index contributed by atoms with van der Waals surface area (Å²) in [6.07, 6.45) is 4.07. The molecule has 0 N–H and O–H groups in total. The second-order valence-electron chi connectivity index (χ2n) is 3.74. The van der Waals surface area contributed by atoms with Crippen LogP contribution in [0.25, 0.3) is 17.1 Å². The fourth-order valence-corrected chi connectivity index (χ4v) is 1.88. The van der Waals surface area contributed by atoms with Gasteiger partial charge in [0.25, 0.3) is 0 Å². The summed E-state index contributed by atoms with van der Waals surface area (Å²) in [6.45, 7) is 0. The Bertz CT molecular complexity index is 698. The highest BCUT2D eigenvalue weighted by atomic mass is 16.5. The first-order valence-corrected chi connectivity index (χ1v) is 5.38. The van der Waals surface area contributed by atoms with Crippen molar-refractivity contribution in [2.45, 2.75) is 0 Å². The number of hydrogen-bond acceptors (Lipinski definition) is 4. The number of methoxy groups -OCH3 is 1. The first kappa shape index (κ1) is 10.6. The van der Waals surface area contributed by atoms with Crippen molar-refractivity contribution in [2.75, 3.05) is 7.11 Å². The van der Waals surface area contributed by atoms with Gasteiger partial charge < -0.3 is 9.15 Å². The summed E-state index contributed by atoms with van der Waals surface area (Å²) in [5, 5.41) is 0. The minimum atomic E-state index is 0.379. The van der Waals surface area contributed by atoms with Gasteiger partial charge >= 0.3 is 0 Å². The van der Waals surface area contributed by atoms with E-state index in [1.54, 1.807) is 48.2 Å². The molecule has 5 heteroatoms. The van der Waals surface area contributed by atoms with Crippen LogP contribution < -0.4 is 4.74 Å². The van der Waals surface area contributed by atoms with E-state index in [0.29, 0.717) is 23.0 Å². The monoisotopic (exact) mass is 242 g/mol. The zero-order valence-electron chi connectivity index (χ0n) is 9.66. The molecule has 3 aromatic rings. The quantitative estimate of drug-likeness (QED) is 0.662. The molecule has 0 amide bonds. The van der Waals surface area contributed by atoms with E-state index in [-0.39, 0.29) is 0 Å². The van der Waals surface area contributed by atoms with Crippen LogP contribution in [0.2, 0.25) is 0 Å². The van der Waals surface area contributed by atoms with E-state index in [1.165, 1.54) is 0 Å². The predicted molar refractivity (Wildman–Crippen MR) is 64.8 cm³/mol. The minimum absolute atomic E-state index is 0.379. The van der Waals surface area contributed by atoms with Crippen LogP contribution in [0.4, 0.5) is 0 Å². The summed E-state index contributed by atoms with van der Waals surface area (Å²) in [5.41, 5.74) is 1.10. The van der Waals surface area contributed by atoms with Gasteiger partial charge in [-0.25, -0.2) is 4.98 Å². The molecule has 0 spiro atoms. The molecule has 0 aliphatic rings. The van der Waals surface area contributed by atoms with Crippen molar-refractivity contribution in [3.63, 3.8) is 0 Å². The number of pyridine rings is 1. The van der Waals surface area contributed by atoms with Gasteiger partial charge in [0.15, 0.2) is 17.9 Å². The third-order valence-electron chi connectivity index (χ3n) is 2.73. The molecular formula is C13H10N2O3. The third kappa shape index (κ3) is 1.48. The lowest BCUT2D eigenvalue weighted by atomic mass is 10.3. The Morgan fingerprint density at radius 2 is 2.28 bits per heavy atom. The van der Waals surface area contributed by atoms with Crippen LogP contribution in [0.5, 0.6) is 5.75 Å². The van der Waals surface area contributed by atoms with Crippen LogP contribution in [0.15, 0.2) is 41.1 Å².